The minimum Gasteiger partial charge on any atom is -0.338 e. The van der Waals surface area contributed by atoms with E-state index in [4.69, 9.17) is 4.52 Å². The number of nitrogens with zero attached hydrogens (tertiary/aromatic N) is 2. The molecule has 1 heterocycles. The molecule has 2 aromatic rings. The first-order valence-electron chi connectivity index (χ1n) is 4.84. The van der Waals surface area contributed by atoms with Crippen molar-refractivity contribution in [3.05, 3.63) is 29.6 Å². The zero-order chi connectivity index (χ0) is 12.4. The quantitative estimate of drug-likeness (QED) is 0.842. The van der Waals surface area contributed by atoms with Gasteiger partial charge in [0.25, 0.3) is 0 Å². The zero-order valence-electron chi connectivity index (χ0n) is 8.80. The van der Waals surface area contributed by atoms with Crippen molar-refractivity contribution in [2.75, 3.05) is 11.9 Å². The Morgan fingerprint density at radius 3 is 2.47 bits per heavy atom. The Kier molecular flexibility index (Phi) is 2.99. The molecule has 0 spiro atoms. The lowest BCUT2D eigenvalue weighted by Crippen LogP contribution is -1.96. The molecule has 0 aliphatic rings. The third-order valence-corrected chi connectivity index (χ3v) is 2.00. The van der Waals surface area contributed by atoms with Gasteiger partial charge in [0.15, 0.2) is 17.5 Å². The van der Waals surface area contributed by atoms with E-state index >= 15 is 0 Å². The average molecular weight is 243 g/mol. The molecular formula is C10H8F3N3O. The molecule has 0 aliphatic carbocycles. The van der Waals surface area contributed by atoms with Crippen LogP contribution in [0.1, 0.15) is 6.92 Å². The van der Waals surface area contributed by atoms with Crippen LogP contribution in [0.4, 0.5) is 19.2 Å². The van der Waals surface area contributed by atoms with Gasteiger partial charge < -0.3 is 9.84 Å². The Balaban J connectivity index is 2.39. The fraction of sp³-hybridized carbons (Fsp3) is 0.200. The van der Waals surface area contributed by atoms with Gasteiger partial charge in [0.1, 0.15) is 0 Å². The first-order valence-corrected chi connectivity index (χ1v) is 4.84. The van der Waals surface area contributed by atoms with Crippen LogP contribution >= 0.6 is 0 Å². The SMILES string of the molecule is CCNc1nc(-c2cc(F)c(F)c(F)c2)no1. The van der Waals surface area contributed by atoms with Crippen LogP contribution in [-0.2, 0) is 0 Å². The van der Waals surface area contributed by atoms with E-state index in [0.29, 0.717) is 6.54 Å². The van der Waals surface area contributed by atoms with Crippen molar-refractivity contribution < 1.29 is 17.7 Å². The summed E-state index contributed by atoms with van der Waals surface area (Å²) in [6.45, 7) is 2.38. The van der Waals surface area contributed by atoms with Gasteiger partial charge >= 0.3 is 6.01 Å². The Hall–Kier alpha value is -2.05. The molecule has 90 valence electrons. The molecule has 1 aromatic carbocycles. The van der Waals surface area contributed by atoms with E-state index in [9.17, 15) is 13.2 Å². The van der Waals surface area contributed by atoms with Gasteiger partial charge in [-0.3, -0.25) is 0 Å². The van der Waals surface area contributed by atoms with Crippen LogP contribution in [0.2, 0.25) is 0 Å². The molecule has 0 saturated carbocycles. The Labute approximate surface area is 94.4 Å². The van der Waals surface area contributed by atoms with Crippen molar-refractivity contribution in [1.82, 2.24) is 10.1 Å². The minimum absolute atomic E-state index is 0.00861. The highest BCUT2D eigenvalue weighted by Crippen LogP contribution is 2.22. The molecule has 0 atom stereocenters. The molecule has 0 saturated heterocycles. The normalized spacial score (nSPS) is 10.6. The lowest BCUT2D eigenvalue weighted by atomic mass is 10.2. The highest BCUT2D eigenvalue weighted by atomic mass is 19.2. The number of halogens is 3. The summed E-state index contributed by atoms with van der Waals surface area (Å²) in [4.78, 5) is 3.84. The summed E-state index contributed by atoms with van der Waals surface area (Å²) in [7, 11) is 0. The lowest BCUT2D eigenvalue weighted by Gasteiger charge is -1.98. The molecule has 0 radical (unpaired) electrons. The summed E-state index contributed by atoms with van der Waals surface area (Å²) in [6.07, 6.45) is 0. The second-order valence-electron chi connectivity index (χ2n) is 3.21. The Morgan fingerprint density at radius 2 is 1.88 bits per heavy atom. The zero-order valence-corrected chi connectivity index (χ0v) is 8.80. The van der Waals surface area contributed by atoms with Gasteiger partial charge in [-0.25, -0.2) is 13.2 Å². The van der Waals surface area contributed by atoms with Crippen LogP contribution in [0.3, 0.4) is 0 Å². The molecule has 17 heavy (non-hydrogen) atoms. The lowest BCUT2D eigenvalue weighted by molar-refractivity contribution is 0.431. The van der Waals surface area contributed by atoms with E-state index in [1.165, 1.54) is 0 Å². The topological polar surface area (TPSA) is 51.0 Å². The minimum atomic E-state index is -1.52. The van der Waals surface area contributed by atoms with Gasteiger partial charge in [0.2, 0.25) is 5.82 Å². The summed E-state index contributed by atoms with van der Waals surface area (Å²) in [5.74, 6) is -4.13. The number of nitrogens with one attached hydrogen (secondary N) is 1. The van der Waals surface area contributed by atoms with E-state index in [1.807, 2.05) is 6.92 Å². The van der Waals surface area contributed by atoms with Gasteiger partial charge in [-0.05, 0) is 19.1 Å². The van der Waals surface area contributed by atoms with Crippen molar-refractivity contribution in [2.45, 2.75) is 6.92 Å². The second-order valence-corrected chi connectivity index (χ2v) is 3.21. The van der Waals surface area contributed by atoms with E-state index < -0.39 is 17.5 Å². The number of hydrogen-bond acceptors (Lipinski definition) is 4. The molecule has 7 heteroatoms. The third kappa shape index (κ3) is 2.22. The van der Waals surface area contributed by atoms with Crippen LogP contribution in [0.15, 0.2) is 16.7 Å². The van der Waals surface area contributed by atoms with Crippen molar-refractivity contribution >= 4 is 6.01 Å². The van der Waals surface area contributed by atoms with E-state index in [1.54, 1.807) is 0 Å². The van der Waals surface area contributed by atoms with Crippen LogP contribution in [0.25, 0.3) is 11.4 Å². The molecule has 1 aromatic heterocycles. The van der Waals surface area contributed by atoms with Gasteiger partial charge in [-0.15, -0.1) is 0 Å². The van der Waals surface area contributed by atoms with Crippen LogP contribution in [0.5, 0.6) is 0 Å². The molecule has 0 bridgehead atoms. The molecule has 1 N–H and O–H groups in total. The fourth-order valence-corrected chi connectivity index (χ4v) is 1.25. The monoisotopic (exact) mass is 243 g/mol. The molecule has 0 aliphatic heterocycles. The van der Waals surface area contributed by atoms with Crippen LogP contribution < -0.4 is 5.32 Å². The molecule has 0 fully saturated rings. The summed E-state index contributed by atoms with van der Waals surface area (Å²) < 4.78 is 43.4. The molecule has 2 rings (SSSR count). The van der Waals surface area contributed by atoms with Crippen molar-refractivity contribution in [3.63, 3.8) is 0 Å². The summed E-state index contributed by atoms with van der Waals surface area (Å²) in [6, 6.07) is 1.74. The van der Waals surface area contributed by atoms with Crippen LogP contribution in [-0.4, -0.2) is 16.7 Å². The van der Waals surface area contributed by atoms with Gasteiger partial charge in [-0.1, -0.05) is 5.16 Å². The van der Waals surface area contributed by atoms with Crippen molar-refractivity contribution in [1.29, 1.82) is 0 Å². The number of anilines is 1. The van der Waals surface area contributed by atoms with E-state index in [2.05, 4.69) is 15.5 Å². The largest absolute Gasteiger partial charge is 0.338 e. The summed E-state index contributed by atoms with van der Waals surface area (Å²) >= 11 is 0. The highest BCUT2D eigenvalue weighted by molar-refractivity contribution is 5.55. The van der Waals surface area contributed by atoms with E-state index in [-0.39, 0.29) is 17.4 Å². The molecular weight excluding hydrogens is 235 g/mol. The standard InChI is InChI=1S/C10H8F3N3O/c1-2-14-10-15-9(16-17-10)5-3-6(11)8(13)7(12)4-5/h3-4H,2H2,1H3,(H,14,15,16). The van der Waals surface area contributed by atoms with Gasteiger partial charge in [0.05, 0.1) is 0 Å². The maximum absolute atomic E-state index is 13.0. The van der Waals surface area contributed by atoms with Crippen LogP contribution in [0, 0.1) is 17.5 Å². The van der Waals surface area contributed by atoms with Gasteiger partial charge in [-0.2, -0.15) is 4.98 Å². The van der Waals surface area contributed by atoms with Gasteiger partial charge in [0, 0.05) is 12.1 Å². The Morgan fingerprint density at radius 1 is 1.24 bits per heavy atom. The summed E-state index contributed by atoms with van der Waals surface area (Å²) in [5, 5.41) is 6.25. The molecule has 0 unspecified atom stereocenters. The first kappa shape index (κ1) is 11.4. The third-order valence-electron chi connectivity index (χ3n) is 2.00. The average Bonchev–Trinajstić information content (AvgIpc) is 2.74. The van der Waals surface area contributed by atoms with Crippen molar-refractivity contribution in [2.24, 2.45) is 0 Å². The first-order chi connectivity index (χ1) is 8.11. The number of aromatic nitrogens is 2. The maximum atomic E-state index is 13.0. The number of hydrogen-bond donors (Lipinski definition) is 1. The number of benzene rings is 1. The second kappa shape index (κ2) is 4.44. The Bertz CT molecular complexity index is 518. The maximum Gasteiger partial charge on any atom is 0.321 e. The molecule has 4 nitrogen and oxygen atoms in total. The fourth-order valence-electron chi connectivity index (χ4n) is 1.25. The number of rotatable bonds is 3. The predicted molar refractivity (Wildman–Crippen MR) is 53.8 cm³/mol. The van der Waals surface area contributed by atoms with Crippen molar-refractivity contribution in [3.8, 4) is 11.4 Å². The smallest absolute Gasteiger partial charge is 0.321 e. The highest BCUT2D eigenvalue weighted by Gasteiger charge is 2.15. The molecule has 0 amide bonds. The predicted octanol–water partition coefficient (Wildman–Crippen LogP) is 2.59. The summed E-state index contributed by atoms with van der Waals surface area (Å²) in [5.41, 5.74) is 0.00861. The van der Waals surface area contributed by atoms with E-state index in [0.717, 1.165) is 12.1 Å².